The van der Waals surface area contributed by atoms with Crippen molar-refractivity contribution in [2.75, 3.05) is 13.1 Å². The van der Waals surface area contributed by atoms with Crippen LogP contribution in [0.25, 0.3) is 5.57 Å². The average molecular weight is 401 g/mol. The quantitative estimate of drug-likeness (QED) is 0.635. The lowest BCUT2D eigenvalue weighted by Gasteiger charge is -2.26. The SMILES string of the molecule is C#C/C(=C\C=C1/CCN(CCC)C(CC)C(=O)N1)c1ccccc1F.CC.CC. The first kappa shape index (κ1) is 26.6. The summed E-state index contributed by atoms with van der Waals surface area (Å²) in [5, 5.41) is 2.99. The maximum absolute atomic E-state index is 13.9. The van der Waals surface area contributed by atoms with Gasteiger partial charge in [0.05, 0.1) is 6.04 Å². The van der Waals surface area contributed by atoms with E-state index >= 15 is 0 Å². The van der Waals surface area contributed by atoms with Crippen molar-refractivity contribution in [3.8, 4) is 12.3 Å². The normalized spacial score (nSPS) is 18.4. The topological polar surface area (TPSA) is 32.3 Å². The summed E-state index contributed by atoms with van der Waals surface area (Å²) in [5.74, 6) is 2.19. The van der Waals surface area contributed by atoms with Crippen molar-refractivity contribution in [3.63, 3.8) is 0 Å². The fraction of sp³-hybridized carbons (Fsp3) is 0.480. The lowest BCUT2D eigenvalue weighted by molar-refractivity contribution is -0.125. The predicted molar refractivity (Wildman–Crippen MR) is 123 cm³/mol. The smallest absolute Gasteiger partial charge is 0.241 e. The van der Waals surface area contributed by atoms with E-state index in [0.29, 0.717) is 11.1 Å². The number of halogens is 1. The molecule has 3 nitrogen and oxygen atoms in total. The number of carbonyl (C=O) groups excluding carboxylic acids is 1. The van der Waals surface area contributed by atoms with Crippen LogP contribution in [-0.2, 0) is 4.79 Å². The second kappa shape index (κ2) is 15.5. The second-order valence-electron chi connectivity index (χ2n) is 6.10. The molecular formula is C25H37FN2O. The molecule has 1 aromatic carbocycles. The molecule has 1 aliphatic rings. The van der Waals surface area contributed by atoms with Crippen molar-refractivity contribution in [1.82, 2.24) is 10.2 Å². The van der Waals surface area contributed by atoms with E-state index in [4.69, 9.17) is 6.42 Å². The minimum Gasteiger partial charge on any atom is -0.328 e. The van der Waals surface area contributed by atoms with Crippen LogP contribution in [0.1, 0.15) is 66.4 Å². The number of allylic oxidation sites excluding steroid dienone is 3. The van der Waals surface area contributed by atoms with Gasteiger partial charge in [-0.05, 0) is 37.6 Å². The van der Waals surface area contributed by atoms with Crippen LogP contribution in [0.4, 0.5) is 4.39 Å². The lowest BCUT2D eigenvalue weighted by Crippen LogP contribution is -2.43. The number of hydrogen-bond donors (Lipinski definition) is 1. The summed E-state index contributed by atoms with van der Waals surface area (Å²) in [6.07, 6.45) is 11.6. The molecule has 29 heavy (non-hydrogen) atoms. The Balaban J connectivity index is 0.00000184. The molecule has 1 unspecified atom stereocenters. The molecule has 2 rings (SSSR count). The Morgan fingerprint density at radius 2 is 1.93 bits per heavy atom. The highest BCUT2D eigenvalue weighted by Crippen LogP contribution is 2.19. The zero-order valence-electron chi connectivity index (χ0n) is 18.9. The van der Waals surface area contributed by atoms with Crippen LogP contribution in [0.15, 0.2) is 42.1 Å². The molecule has 1 saturated heterocycles. The fourth-order valence-corrected chi connectivity index (χ4v) is 3.09. The molecule has 0 aliphatic carbocycles. The zero-order chi connectivity index (χ0) is 22.2. The number of nitrogens with one attached hydrogen (secondary N) is 1. The van der Waals surface area contributed by atoms with Crippen LogP contribution in [0.2, 0.25) is 0 Å². The van der Waals surface area contributed by atoms with E-state index in [1.54, 1.807) is 30.4 Å². The van der Waals surface area contributed by atoms with Crippen molar-refractivity contribution in [2.24, 2.45) is 0 Å². The Morgan fingerprint density at radius 3 is 2.48 bits per heavy atom. The highest BCUT2D eigenvalue weighted by atomic mass is 19.1. The van der Waals surface area contributed by atoms with Gasteiger partial charge < -0.3 is 5.32 Å². The minimum absolute atomic E-state index is 0.0150. The summed E-state index contributed by atoms with van der Waals surface area (Å²) in [6, 6.07) is 6.31. The standard InChI is InChI=1S/C21H25FN2O.2C2H6/c1-4-14-24-15-13-17(23-21(25)20(24)6-3)12-11-16(5-2)18-9-7-8-10-19(18)22;2*1-2/h2,7-12,20H,4,6,13-15H2,1,3H3,(H,23,25);2*1-2H3/b16-11+,17-12+;;. The van der Waals surface area contributed by atoms with Gasteiger partial charge in [0, 0.05) is 29.8 Å². The number of terminal acetylenes is 1. The van der Waals surface area contributed by atoms with Gasteiger partial charge in [-0.1, -0.05) is 65.7 Å². The summed E-state index contributed by atoms with van der Waals surface area (Å²) < 4.78 is 13.9. The van der Waals surface area contributed by atoms with Gasteiger partial charge in [0.2, 0.25) is 5.91 Å². The van der Waals surface area contributed by atoms with E-state index < -0.39 is 0 Å². The van der Waals surface area contributed by atoms with Crippen LogP contribution in [0, 0.1) is 18.2 Å². The maximum atomic E-state index is 13.9. The van der Waals surface area contributed by atoms with Crippen LogP contribution in [0.5, 0.6) is 0 Å². The van der Waals surface area contributed by atoms with Crippen molar-refractivity contribution in [1.29, 1.82) is 0 Å². The molecule has 1 aliphatic heterocycles. The first-order valence-corrected chi connectivity index (χ1v) is 10.8. The zero-order valence-corrected chi connectivity index (χ0v) is 18.9. The highest BCUT2D eigenvalue weighted by molar-refractivity contribution is 5.84. The second-order valence-corrected chi connectivity index (χ2v) is 6.10. The largest absolute Gasteiger partial charge is 0.328 e. The van der Waals surface area contributed by atoms with Gasteiger partial charge in [0.1, 0.15) is 5.82 Å². The Labute approximate surface area is 177 Å². The maximum Gasteiger partial charge on any atom is 0.241 e. The number of benzene rings is 1. The number of nitrogens with zero attached hydrogens (tertiary/aromatic N) is 1. The third-order valence-electron chi connectivity index (χ3n) is 4.36. The van der Waals surface area contributed by atoms with Crippen LogP contribution in [-0.4, -0.2) is 29.9 Å². The predicted octanol–water partition coefficient (Wildman–Crippen LogP) is 5.79. The molecule has 1 amide bonds. The Hall–Kier alpha value is -2.38. The van der Waals surface area contributed by atoms with Crippen molar-refractivity contribution in [2.45, 2.75) is 66.8 Å². The average Bonchev–Trinajstić information content (AvgIpc) is 2.91. The van der Waals surface area contributed by atoms with Crippen LogP contribution in [0.3, 0.4) is 0 Å². The van der Waals surface area contributed by atoms with E-state index in [2.05, 4.69) is 23.1 Å². The molecule has 0 saturated carbocycles. The lowest BCUT2D eigenvalue weighted by atomic mass is 10.1. The molecule has 160 valence electrons. The molecule has 0 aromatic heterocycles. The van der Waals surface area contributed by atoms with E-state index in [9.17, 15) is 9.18 Å². The van der Waals surface area contributed by atoms with Crippen LogP contribution < -0.4 is 5.32 Å². The first-order chi connectivity index (χ1) is 14.1. The van der Waals surface area contributed by atoms with Crippen molar-refractivity contribution < 1.29 is 9.18 Å². The van der Waals surface area contributed by atoms with Gasteiger partial charge in [0.15, 0.2) is 0 Å². The number of carbonyl (C=O) groups is 1. The summed E-state index contributed by atoms with van der Waals surface area (Å²) in [4.78, 5) is 14.7. The minimum atomic E-state index is -0.352. The summed E-state index contributed by atoms with van der Waals surface area (Å²) >= 11 is 0. The molecule has 1 heterocycles. The Bertz CT molecular complexity index is 716. The molecular weight excluding hydrogens is 363 g/mol. The monoisotopic (exact) mass is 400 g/mol. The number of amides is 1. The van der Waals surface area contributed by atoms with Crippen molar-refractivity contribution in [3.05, 3.63) is 53.5 Å². The summed E-state index contributed by atoms with van der Waals surface area (Å²) in [6.45, 7) is 13.9. The third kappa shape index (κ3) is 8.25. The Morgan fingerprint density at radius 1 is 1.28 bits per heavy atom. The fourth-order valence-electron chi connectivity index (χ4n) is 3.09. The number of rotatable bonds is 5. The molecule has 0 spiro atoms. The summed E-state index contributed by atoms with van der Waals surface area (Å²) in [7, 11) is 0. The first-order valence-electron chi connectivity index (χ1n) is 10.8. The molecule has 1 aromatic rings. The van der Waals surface area contributed by atoms with Crippen LogP contribution >= 0.6 is 0 Å². The summed E-state index contributed by atoms with van der Waals surface area (Å²) in [5.41, 5.74) is 1.66. The molecule has 0 radical (unpaired) electrons. The van der Waals surface area contributed by atoms with E-state index in [-0.39, 0.29) is 17.8 Å². The van der Waals surface area contributed by atoms with E-state index in [0.717, 1.165) is 38.0 Å². The van der Waals surface area contributed by atoms with E-state index in [1.807, 2.05) is 34.6 Å². The van der Waals surface area contributed by atoms with E-state index in [1.165, 1.54) is 6.07 Å². The molecule has 0 bridgehead atoms. The molecule has 1 N–H and O–H groups in total. The van der Waals surface area contributed by atoms with Gasteiger partial charge in [-0.2, -0.15) is 0 Å². The molecule has 1 fully saturated rings. The van der Waals surface area contributed by atoms with Gasteiger partial charge in [-0.25, -0.2) is 4.39 Å². The third-order valence-corrected chi connectivity index (χ3v) is 4.36. The highest BCUT2D eigenvalue weighted by Gasteiger charge is 2.27. The Kier molecular flexibility index (Phi) is 14.3. The number of hydrogen-bond acceptors (Lipinski definition) is 2. The molecule has 1 atom stereocenters. The van der Waals surface area contributed by atoms with Gasteiger partial charge in [-0.3, -0.25) is 9.69 Å². The van der Waals surface area contributed by atoms with Gasteiger partial charge >= 0.3 is 0 Å². The van der Waals surface area contributed by atoms with Gasteiger partial charge in [-0.15, -0.1) is 6.42 Å². The molecule has 4 heteroatoms. The van der Waals surface area contributed by atoms with Crippen molar-refractivity contribution >= 4 is 11.5 Å². The van der Waals surface area contributed by atoms with Gasteiger partial charge in [0.25, 0.3) is 0 Å².